The van der Waals surface area contributed by atoms with E-state index in [0.29, 0.717) is 6.54 Å². The van der Waals surface area contributed by atoms with E-state index in [0.717, 1.165) is 22.6 Å². The van der Waals surface area contributed by atoms with E-state index in [4.69, 9.17) is 0 Å². The van der Waals surface area contributed by atoms with Crippen molar-refractivity contribution >= 4 is 17.5 Å². The number of Topliss-reactive ketones (excluding diaryl/α,β-unsaturated/α-hetero) is 1. The molecule has 1 heterocycles. The molecule has 134 valence electrons. The average Bonchev–Trinajstić information content (AvgIpc) is 2.65. The van der Waals surface area contributed by atoms with E-state index in [1.165, 1.54) is 17.7 Å². The average molecular weight is 432 g/mol. The predicted molar refractivity (Wildman–Crippen MR) is 98.2 cm³/mol. The fourth-order valence-corrected chi connectivity index (χ4v) is 3.36. The van der Waals surface area contributed by atoms with E-state index in [9.17, 15) is 9.18 Å². The van der Waals surface area contributed by atoms with E-state index in [1.807, 2.05) is 59.4 Å². The zero-order valence-electron chi connectivity index (χ0n) is 14.1. The second-order valence-corrected chi connectivity index (χ2v) is 6.89. The maximum Gasteiger partial charge on any atom is 0.227 e. The molecular formula is C21H19BrFNOS. The van der Waals surface area contributed by atoms with Crippen molar-refractivity contribution in [1.82, 2.24) is 0 Å². The van der Waals surface area contributed by atoms with Crippen molar-refractivity contribution in [2.45, 2.75) is 17.9 Å². The number of aryl methyl sites for hydroxylation is 1. The lowest BCUT2D eigenvalue weighted by Crippen LogP contribution is -3.00. The molecular weight excluding hydrogens is 413 g/mol. The summed E-state index contributed by atoms with van der Waals surface area (Å²) in [7, 11) is 0. The third-order valence-electron chi connectivity index (χ3n) is 3.86. The van der Waals surface area contributed by atoms with Crippen LogP contribution in [0.3, 0.4) is 0 Å². The van der Waals surface area contributed by atoms with Crippen LogP contribution in [0.2, 0.25) is 0 Å². The van der Waals surface area contributed by atoms with Crippen molar-refractivity contribution in [2.24, 2.45) is 0 Å². The molecule has 0 bridgehead atoms. The second-order valence-electron chi connectivity index (χ2n) is 5.72. The Morgan fingerprint density at radius 2 is 1.58 bits per heavy atom. The topological polar surface area (TPSA) is 20.9 Å². The van der Waals surface area contributed by atoms with Gasteiger partial charge in [0.2, 0.25) is 12.3 Å². The van der Waals surface area contributed by atoms with Crippen LogP contribution < -0.4 is 21.5 Å². The highest BCUT2D eigenvalue weighted by Crippen LogP contribution is 2.19. The number of hydrogen-bond donors (Lipinski definition) is 0. The zero-order valence-corrected chi connectivity index (χ0v) is 16.5. The van der Waals surface area contributed by atoms with Crippen molar-refractivity contribution in [3.63, 3.8) is 0 Å². The lowest BCUT2D eigenvalue weighted by Gasteiger charge is -2.02. The normalized spacial score (nSPS) is 10.2. The highest BCUT2D eigenvalue weighted by atomic mass is 79.9. The molecule has 26 heavy (non-hydrogen) atoms. The first-order chi connectivity index (χ1) is 12.2. The quantitative estimate of drug-likeness (QED) is 0.319. The highest BCUT2D eigenvalue weighted by Gasteiger charge is 2.11. The number of benzene rings is 2. The Labute approximate surface area is 167 Å². The standard InChI is InChI=1S/C21H19FNOS.BrH/c22-19-6-8-20(9-7-19)25-15-12-17-10-13-23(14-11-17)16-21(24)18-4-2-1-3-5-18;/h1-11,13-14H,12,15-16H2;1H/q+1;/p-1. The van der Waals surface area contributed by atoms with E-state index in [2.05, 4.69) is 0 Å². The number of nitrogens with zero attached hydrogens (tertiary/aromatic N) is 1. The van der Waals surface area contributed by atoms with Gasteiger partial charge < -0.3 is 17.0 Å². The van der Waals surface area contributed by atoms with Crippen LogP contribution in [0.15, 0.2) is 84.0 Å². The molecule has 0 unspecified atom stereocenters. The van der Waals surface area contributed by atoms with Crippen LogP contribution in [0.5, 0.6) is 0 Å². The van der Waals surface area contributed by atoms with Gasteiger partial charge in [-0.05, 0) is 36.2 Å². The molecule has 0 aliphatic heterocycles. The van der Waals surface area contributed by atoms with Gasteiger partial charge in [0, 0.05) is 28.3 Å². The zero-order chi connectivity index (χ0) is 17.5. The number of thioether (sulfide) groups is 1. The molecule has 3 rings (SSSR count). The largest absolute Gasteiger partial charge is 1.00 e. The molecule has 0 atom stereocenters. The molecule has 0 fully saturated rings. The number of ketones is 1. The first-order valence-corrected chi connectivity index (χ1v) is 9.14. The summed E-state index contributed by atoms with van der Waals surface area (Å²) in [5.74, 6) is 0.825. The van der Waals surface area contributed by atoms with Crippen molar-refractivity contribution in [3.05, 3.63) is 96.1 Å². The van der Waals surface area contributed by atoms with E-state index < -0.39 is 0 Å². The molecule has 5 heteroatoms. The van der Waals surface area contributed by atoms with Gasteiger partial charge in [-0.3, -0.25) is 4.79 Å². The summed E-state index contributed by atoms with van der Waals surface area (Å²) in [5.41, 5.74) is 1.95. The molecule has 1 aromatic heterocycles. The summed E-state index contributed by atoms with van der Waals surface area (Å²) in [6.07, 6.45) is 4.81. The Hall–Kier alpha value is -1.98. The van der Waals surface area contributed by atoms with Gasteiger partial charge >= 0.3 is 0 Å². The van der Waals surface area contributed by atoms with Crippen LogP contribution in [0.4, 0.5) is 4.39 Å². The van der Waals surface area contributed by atoms with Crippen molar-refractivity contribution in [1.29, 1.82) is 0 Å². The summed E-state index contributed by atoms with van der Waals surface area (Å²) < 4.78 is 14.8. The Bertz CT molecular complexity index is 823. The maximum atomic E-state index is 12.9. The van der Waals surface area contributed by atoms with Gasteiger partial charge in [0.15, 0.2) is 12.4 Å². The second kappa shape index (κ2) is 10.2. The van der Waals surface area contributed by atoms with E-state index in [1.54, 1.807) is 23.9 Å². The Kier molecular flexibility index (Phi) is 8.01. The van der Waals surface area contributed by atoms with Crippen molar-refractivity contribution in [3.8, 4) is 0 Å². The first-order valence-electron chi connectivity index (χ1n) is 8.15. The van der Waals surface area contributed by atoms with Crippen LogP contribution in [0.1, 0.15) is 15.9 Å². The molecule has 0 N–H and O–H groups in total. The predicted octanol–water partition coefficient (Wildman–Crippen LogP) is 1.33. The molecule has 0 aliphatic carbocycles. The lowest BCUT2D eigenvalue weighted by molar-refractivity contribution is -0.683. The van der Waals surface area contributed by atoms with Gasteiger partial charge in [0.1, 0.15) is 5.82 Å². The van der Waals surface area contributed by atoms with Gasteiger partial charge in [-0.15, -0.1) is 11.8 Å². The van der Waals surface area contributed by atoms with Gasteiger partial charge in [-0.1, -0.05) is 30.3 Å². The summed E-state index contributed by atoms with van der Waals surface area (Å²) in [4.78, 5) is 13.3. The highest BCUT2D eigenvalue weighted by molar-refractivity contribution is 7.99. The van der Waals surface area contributed by atoms with Crippen LogP contribution in [-0.4, -0.2) is 11.5 Å². The minimum Gasteiger partial charge on any atom is -1.00 e. The minimum absolute atomic E-state index is 0. The lowest BCUT2D eigenvalue weighted by atomic mass is 10.1. The number of hydrogen-bond acceptors (Lipinski definition) is 2. The molecule has 3 aromatic rings. The van der Waals surface area contributed by atoms with Gasteiger partial charge in [0.25, 0.3) is 0 Å². The summed E-state index contributed by atoms with van der Waals surface area (Å²) >= 11 is 1.71. The summed E-state index contributed by atoms with van der Waals surface area (Å²) in [6.45, 7) is 0.342. The van der Waals surface area contributed by atoms with Gasteiger partial charge in [0.05, 0.1) is 0 Å². The maximum absolute atomic E-state index is 12.9. The number of pyridine rings is 1. The summed E-state index contributed by atoms with van der Waals surface area (Å²) in [5, 5.41) is 0. The van der Waals surface area contributed by atoms with Crippen molar-refractivity contribution in [2.75, 3.05) is 5.75 Å². The molecule has 0 radical (unpaired) electrons. The fraction of sp³-hybridized carbons (Fsp3) is 0.143. The molecule has 2 nitrogen and oxygen atoms in total. The van der Waals surface area contributed by atoms with Crippen LogP contribution in [-0.2, 0) is 13.0 Å². The molecule has 0 saturated heterocycles. The SMILES string of the molecule is O=C(C[n+]1ccc(CCSc2ccc(F)cc2)cc1)c1ccccc1.[Br-]. The van der Waals surface area contributed by atoms with Gasteiger partial charge in [-0.2, -0.15) is 4.57 Å². The van der Waals surface area contributed by atoms with Crippen LogP contribution >= 0.6 is 11.8 Å². The molecule has 0 aliphatic rings. The third kappa shape index (κ3) is 6.07. The summed E-state index contributed by atoms with van der Waals surface area (Å²) in [6, 6.07) is 20.0. The Morgan fingerprint density at radius 3 is 2.23 bits per heavy atom. The fourth-order valence-electron chi connectivity index (χ4n) is 2.46. The monoisotopic (exact) mass is 431 g/mol. The van der Waals surface area contributed by atoms with E-state index >= 15 is 0 Å². The number of aromatic nitrogens is 1. The molecule has 0 saturated carbocycles. The number of halogens is 2. The van der Waals surface area contributed by atoms with Gasteiger partial charge in [-0.25, -0.2) is 4.39 Å². The molecule has 2 aromatic carbocycles. The van der Waals surface area contributed by atoms with Crippen LogP contribution in [0, 0.1) is 5.82 Å². The Balaban J connectivity index is 0.00000243. The minimum atomic E-state index is -0.206. The number of rotatable bonds is 7. The molecule has 0 amide bonds. The smallest absolute Gasteiger partial charge is 0.227 e. The van der Waals surface area contributed by atoms with Crippen LogP contribution in [0.25, 0.3) is 0 Å². The number of carbonyl (C=O) groups is 1. The molecule has 0 spiro atoms. The number of carbonyl (C=O) groups excluding carboxylic acids is 1. The van der Waals surface area contributed by atoms with Crippen molar-refractivity contribution < 1.29 is 30.7 Å². The first kappa shape index (κ1) is 20.3. The Morgan fingerprint density at radius 1 is 0.923 bits per heavy atom. The van der Waals surface area contributed by atoms with E-state index in [-0.39, 0.29) is 28.6 Å². The third-order valence-corrected chi connectivity index (χ3v) is 4.87.